The van der Waals surface area contributed by atoms with E-state index in [1.165, 1.54) is 19.3 Å². The minimum Gasteiger partial charge on any atom is -0.462 e. The highest BCUT2D eigenvalue weighted by Gasteiger charge is 2.28. The summed E-state index contributed by atoms with van der Waals surface area (Å²) in [6.07, 6.45) is 48.3. The molecule has 0 aromatic carbocycles. The van der Waals surface area contributed by atoms with Gasteiger partial charge in [-0.2, -0.15) is 0 Å². The van der Waals surface area contributed by atoms with Gasteiger partial charge < -0.3 is 34.4 Å². The molecule has 0 radical (unpaired) electrons. The van der Waals surface area contributed by atoms with Crippen molar-refractivity contribution in [3.8, 4) is 0 Å². The molecule has 0 fully saturated rings. The fourth-order valence-corrected chi connectivity index (χ4v) is 6.43. The minimum atomic E-state index is -4.89. The fraction of sp³-hybridized carbons (Fsp3) is 0.583. The molecule has 14 nitrogen and oxygen atoms in total. The summed E-state index contributed by atoms with van der Waals surface area (Å²) >= 11 is 0. The van der Waals surface area contributed by atoms with Gasteiger partial charge in [0, 0.05) is 12.8 Å². The maximum atomic E-state index is 12.7. The summed E-state index contributed by atoms with van der Waals surface area (Å²) in [4.78, 5) is 52.7. The van der Waals surface area contributed by atoms with E-state index in [1.807, 2.05) is 36.5 Å². The van der Waals surface area contributed by atoms with E-state index in [2.05, 4.69) is 83.7 Å². The van der Waals surface area contributed by atoms with Crippen LogP contribution in [0.25, 0.3) is 0 Å². The molecule has 4 atom stereocenters. The quantitative estimate of drug-likeness (QED) is 0.0127. The van der Waals surface area contributed by atoms with Gasteiger partial charge in [0.2, 0.25) is 0 Å². The highest BCUT2D eigenvalue weighted by molar-refractivity contribution is 7.47. The molecule has 0 heterocycles. The van der Waals surface area contributed by atoms with Gasteiger partial charge in [-0.15, -0.1) is 0 Å². The molecule has 0 spiro atoms. The molecule has 0 aromatic rings. The Morgan fingerprint density at radius 3 is 1.66 bits per heavy atom. The third kappa shape index (κ3) is 45.3. The molecule has 0 saturated carbocycles. The lowest BCUT2D eigenvalue weighted by atomic mass is 10.1. The van der Waals surface area contributed by atoms with Crippen molar-refractivity contribution in [1.82, 2.24) is 0 Å². The first-order valence-corrected chi connectivity index (χ1v) is 25.7. The number of aliphatic hydroxyl groups excluding tert-OH is 2. The number of carbonyl (C=O) groups excluding carboxylic acids is 2. The lowest BCUT2D eigenvalue weighted by molar-refractivity contribution is -0.161. The monoisotopic (exact) mass is 940 g/mol. The molecule has 364 valence electrons. The van der Waals surface area contributed by atoms with E-state index in [0.717, 1.165) is 57.8 Å². The average Bonchev–Trinajstić information content (AvgIpc) is 3.25. The van der Waals surface area contributed by atoms with Crippen molar-refractivity contribution in [2.75, 3.05) is 26.4 Å². The van der Waals surface area contributed by atoms with Crippen molar-refractivity contribution in [2.45, 2.75) is 154 Å². The lowest BCUT2D eigenvalue weighted by Gasteiger charge is -2.20. The summed E-state index contributed by atoms with van der Waals surface area (Å²) in [5, 5.41) is 19.8. The van der Waals surface area contributed by atoms with Gasteiger partial charge in [0.1, 0.15) is 12.7 Å². The summed E-state index contributed by atoms with van der Waals surface area (Å²) in [6, 6.07) is 0. The number of hydrogen-bond acceptors (Lipinski definition) is 11. The molecule has 0 aliphatic rings. The SMILES string of the molecule is CC/C=C\C/C=C\CC(O)/C=C/C=C\C/C=C\CCCC(=O)O[C@H](COC(=O)CCCCC/C=C\C/C=C\C/C=C\C/C=C\CCCCC)COP(=O)(O)OC[C@@H](O)COP(=O)(O)O. The second kappa shape index (κ2) is 42.4. The Balaban J connectivity index is 4.73. The average molecular weight is 941 g/mol. The maximum Gasteiger partial charge on any atom is 0.472 e. The first-order chi connectivity index (χ1) is 30.8. The molecule has 0 aliphatic carbocycles. The Kier molecular flexibility index (Phi) is 40.2. The van der Waals surface area contributed by atoms with Crippen LogP contribution in [0.2, 0.25) is 0 Å². The van der Waals surface area contributed by atoms with Crippen molar-refractivity contribution in [2.24, 2.45) is 0 Å². The third-order valence-electron chi connectivity index (χ3n) is 8.72. The van der Waals surface area contributed by atoms with E-state index in [4.69, 9.17) is 23.8 Å². The van der Waals surface area contributed by atoms with Crippen LogP contribution in [-0.4, -0.2) is 81.6 Å². The fourth-order valence-electron chi connectivity index (χ4n) is 5.27. The van der Waals surface area contributed by atoms with E-state index in [0.29, 0.717) is 32.1 Å². The highest BCUT2D eigenvalue weighted by Crippen LogP contribution is 2.43. The van der Waals surface area contributed by atoms with Crippen LogP contribution in [0.5, 0.6) is 0 Å². The van der Waals surface area contributed by atoms with Crippen LogP contribution in [-0.2, 0) is 41.8 Å². The Hall–Kier alpha value is -3.26. The van der Waals surface area contributed by atoms with Crippen molar-refractivity contribution in [3.63, 3.8) is 0 Å². The number of carbonyl (C=O) groups is 2. The largest absolute Gasteiger partial charge is 0.472 e. The third-order valence-corrected chi connectivity index (χ3v) is 10.2. The zero-order chi connectivity index (χ0) is 47.4. The summed E-state index contributed by atoms with van der Waals surface area (Å²) in [5.41, 5.74) is 0. The van der Waals surface area contributed by atoms with Crippen LogP contribution in [0.4, 0.5) is 0 Å². The van der Waals surface area contributed by atoms with E-state index in [1.54, 1.807) is 12.2 Å². The lowest BCUT2D eigenvalue weighted by Crippen LogP contribution is -2.29. The van der Waals surface area contributed by atoms with Crippen molar-refractivity contribution in [1.29, 1.82) is 0 Å². The Labute approximate surface area is 383 Å². The highest BCUT2D eigenvalue weighted by atomic mass is 31.2. The number of esters is 2. The number of unbranched alkanes of at least 4 members (excludes halogenated alkanes) is 7. The zero-order valence-electron chi connectivity index (χ0n) is 38.2. The van der Waals surface area contributed by atoms with Gasteiger partial charge in [0.05, 0.1) is 25.9 Å². The smallest absolute Gasteiger partial charge is 0.462 e. The van der Waals surface area contributed by atoms with Crippen molar-refractivity contribution < 1.29 is 66.7 Å². The number of phosphoric acid groups is 2. The number of phosphoric ester groups is 2. The van der Waals surface area contributed by atoms with E-state index in [9.17, 15) is 33.8 Å². The summed E-state index contributed by atoms with van der Waals surface area (Å²) in [5.74, 6) is -1.19. The van der Waals surface area contributed by atoms with Gasteiger partial charge in [-0.1, -0.05) is 142 Å². The number of allylic oxidation sites excluding steroid dienone is 16. The normalized spacial score (nSPS) is 15.4. The van der Waals surface area contributed by atoms with Crippen molar-refractivity contribution in [3.05, 3.63) is 109 Å². The summed E-state index contributed by atoms with van der Waals surface area (Å²) in [6.45, 7) is 1.41. The van der Waals surface area contributed by atoms with Crippen LogP contribution >= 0.6 is 15.6 Å². The zero-order valence-corrected chi connectivity index (χ0v) is 40.0. The van der Waals surface area contributed by atoms with Gasteiger partial charge in [0.15, 0.2) is 6.10 Å². The molecule has 0 saturated heterocycles. The van der Waals surface area contributed by atoms with Gasteiger partial charge in [0.25, 0.3) is 0 Å². The van der Waals surface area contributed by atoms with E-state index >= 15 is 0 Å². The molecule has 16 heteroatoms. The number of ether oxygens (including phenoxy) is 2. The van der Waals surface area contributed by atoms with Gasteiger partial charge in [-0.25, -0.2) is 9.13 Å². The number of hydrogen-bond donors (Lipinski definition) is 5. The molecule has 0 amide bonds. The molecule has 0 aromatic heterocycles. The van der Waals surface area contributed by atoms with Gasteiger partial charge in [-0.3, -0.25) is 23.2 Å². The Bertz CT molecular complexity index is 1560. The molecular weight excluding hydrogens is 862 g/mol. The Morgan fingerprint density at radius 2 is 1.05 bits per heavy atom. The molecule has 0 bridgehead atoms. The predicted molar refractivity (Wildman–Crippen MR) is 254 cm³/mol. The van der Waals surface area contributed by atoms with Crippen LogP contribution in [0.3, 0.4) is 0 Å². The molecule has 0 rings (SSSR count). The second-order valence-electron chi connectivity index (χ2n) is 14.8. The van der Waals surface area contributed by atoms with Gasteiger partial charge >= 0.3 is 27.6 Å². The molecule has 64 heavy (non-hydrogen) atoms. The minimum absolute atomic E-state index is 0.00702. The number of aliphatic hydroxyl groups is 2. The van der Waals surface area contributed by atoms with Crippen LogP contribution in [0.1, 0.15) is 136 Å². The van der Waals surface area contributed by atoms with E-state index < -0.39 is 72.3 Å². The first kappa shape index (κ1) is 60.7. The van der Waals surface area contributed by atoms with Gasteiger partial charge in [-0.05, 0) is 89.9 Å². The Morgan fingerprint density at radius 1 is 0.531 bits per heavy atom. The number of rotatable bonds is 41. The molecule has 2 unspecified atom stereocenters. The summed E-state index contributed by atoms with van der Waals surface area (Å²) in [7, 11) is -9.74. The van der Waals surface area contributed by atoms with E-state index in [-0.39, 0.29) is 12.8 Å². The topological polar surface area (TPSA) is 216 Å². The maximum absolute atomic E-state index is 12.7. The second-order valence-corrected chi connectivity index (χ2v) is 17.5. The molecular formula is C48H78O14P2. The molecule has 5 N–H and O–H groups in total. The first-order valence-electron chi connectivity index (χ1n) is 22.7. The van der Waals surface area contributed by atoms with Crippen LogP contribution in [0.15, 0.2) is 109 Å². The van der Waals surface area contributed by atoms with Crippen LogP contribution in [0, 0.1) is 0 Å². The molecule has 0 aliphatic heterocycles. The van der Waals surface area contributed by atoms with Crippen molar-refractivity contribution >= 4 is 27.6 Å². The summed E-state index contributed by atoms with van der Waals surface area (Å²) < 4.78 is 47.7. The van der Waals surface area contributed by atoms with Crippen LogP contribution < -0.4 is 0 Å². The standard InChI is InChI=1S/C48H78O14P2/c1-3-5-7-9-11-12-13-14-15-16-17-18-19-20-21-22-26-30-34-38-47(51)58-42-46(43-61-64(56,57)60-41-45(50)40-59-63(53,54)55)62-48(52)39-35-31-27-24-23-25-29-33-37-44(49)36-32-28-10-8-6-4-2/h6,8,11-12,14-15,17-18,20-21,24-25,27-29,32-33,37,44-46,49-50H,3-5,7,9-10,13,16,19,22-23,26,30-31,34-36,38-43H2,1-2H3,(H,56,57)(H2,53,54,55)/b8-6-,12-11-,15-14-,18-17-,21-20-,27-24-,29-25-,32-28-,37-33+/t44?,45-,46+/m0/s1. The predicted octanol–water partition coefficient (Wildman–Crippen LogP) is 10.9.